The first-order chi connectivity index (χ1) is 14.4. The second kappa shape index (κ2) is 9.66. The Labute approximate surface area is 186 Å². The zero-order chi connectivity index (χ0) is 21.7. The zero-order valence-electron chi connectivity index (χ0n) is 15.5. The van der Waals surface area contributed by atoms with Crippen LogP contribution in [0.5, 0.6) is 11.5 Å². The summed E-state index contributed by atoms with van der Waals surface area (Å²) < 4.78 is 15.6. The van der Waals surface area contributed by atoms with Crippen LogP contribution in [0.25, 0.3) is 0 Å². The monoisotopic (exact) mass is 468 g/mol. The van der Waals surface area contributed by atoms with Crippen molar-refractivity contribution >= 4 is 52.7 Å². The maximum absolute atomic E-state index is 6.16. The molecule has 0 saturated heterocycles. The van der Waals surface area contributed by atoms with E-state index in [1.54, 1.807) is 37.4 Å². The molecular weight excluding hydrogens is 455 g/mol. The molecule has 3 aromatic rings. The van der Waals surface area contributed by atoms with Crippen molar-refractivity contribution in [3.05, 3.63) is 62.2 Å². The van der Waals surface area contributed by atoms with Crippen LogP contribution in [0.15, 0.2) is 45.2 Å². The predicted molar refractivity (Wildman–Crippen MR) is 116 cm³/mol. The summed E-state index contributed by atoms with van der Waals surface area (Å²) in [6, 6.07) is 8.44. The van der Waals surface area contributed by atoms with Gasteiger partial charge in [-0.25, -0.2) is 4.63 Å². The molecular formula is C18H15Cl3N6O3. The Kier molecular flexibility index (Phi) is 6.99. The van der Waals surface area contributed by atoms with Gasteiger partial charge in [-0.15, -0.1) is 5.10 Å². The molecule has 0 unspecified atom stereocenters. The van der Waals surface area contributed by atoms with Crippen molar-refractivity contribution in [3.63, 3.8) is 0 Å². The summed E-state index contributed by atoms with van der Waals surface area (Å²) in [5.74, 6) is 0.918. The molecule has 0 radical (unpaired) electrons. The minimum atomic E-state index is -0.0332. The maximum Gasteiger partial charge on any atom is 0.199 e. The van der Waals surface area contributed by atoms with Crippen molar-refractivity contribution in [3.8, 4) is 11.5 Å². The number of benzene rings is 2. The summed E-state index contributed by atoms with van der Waals surface area (Å²) in [6.07, 6.45) is 1.49. The number of amidine groups is 1. The molecule has 0 bridgehead atoms. The summed E-state index contributed by atoms with van der Waals surface area (Å²) in [7, 11) is 1.55. The molecule has 0 atom stereocenters. The quantitative estimate of drug-likeness (QED) is 0.304. The second-order valence-electron chi connectivity index (χ2n) is 5.79. The van der Waals surface area contributed by atoms with Crippen LogP contribution in [0.3, 0.4) is 0 Å². The Balaban J connectivity index is 1.78. The van der Waals surface area contributed by atoms with E-state index < -0.39 is 0 Å². The normalized spacial score (nSPS) is 11.8. The van der Waals surface area contributed by atoms with Gasteiger partial charge in [-0.2, -0.15) is 5.10 Å². The van der Waals surface area contributed by atoms with Gasteiger partial charge >= 0.3 is 0 Å². The summed E-state index contributed by atoms with van der Waals surface area (Å²) in [4.78, 5) is 0. The number of hydrogen-bond acceptors (Lipinski definition) is 8. The fraction of sp³-hybridized carbons (Fsp3) is 0.111. The van der Waals surface area contributed by atoms with E-state index in [-0.39, 0.29) is 24.0 Å². The van der Waals surface area contributed by atoms with E-state index in [9.17, 15) is 0 Å². The van der Waals surface area contributed by atoms with Gasteiger partial charge in [0.25, 0.3) is 0 Å². The first kappa shape index (κ1) is 21.7. The highest BCUT2D eigenvalue weighted by Gasteiger charge is 2.12. The van der Waals surface area contributed by atoms with Gasteiger partial charge in [0.1, 0.15) is 12.4 Å². The lowest BCUT2D eigenvalue weighted by atomic mass is 10.1. The van der Waals surface area contributed by atoms with Crippen molar-refractivity contribution in [1.29, 1.82) is 0 Å². The van der Waals surface area contributed by atoms with E-state index in [1.807, 2.05) is 0 Å². The molecule has 156 valence electrons. The Bertz CT molecular complexity index is 1090. The molecule has 1 heterocycles. The summed E-state index contributed by atoms with van der Waals surface area (Å²) in [6.45, 7) is 0.137. The van der Waals surface area contributed by atoms with Crippen LogP contribution in [0.1, 0.15) is 16.8 Å². The van der Waals surface area contributed by atoms with Gasteiger partial charge in [-0.1, -0.05) is 34.8 Å². The highest BCUT2D eigenvalue weighted by molar-refractivity contribution is 6.40. The van der Waals surface area contributed by atoms with Gasteiger partial charge in [-0.3, -0.25) is 0 Å². The molecule has 2 aromatic carbocycles. The molecule has 0 amide bonds. The van der Waals surface area contributed by atoms with Gasteiger partial charge in [0.2, 0.25) is 0 Å². The van der Waals surface area contributed by atoms with E-state index in [1.165, 1.54) is 6.21 Å². The Hall–Kier alpha value is -3.01. The number of methoxy groups -OCH3 is 1. The Morgan fingerprint density at radius 3 is 2.53 bits per heavy atom. The van der Waals surface area contributed by atoms with E-state index in [0.29, 0.717) is 32.1 Å². The minimum absolute atomic E-state index is 0.0230. The highest BCUT2D eigenvalue weighted by atomic mass is 35.5. The summed E-state index contributed by atoms with van der Waals surface area (Å²) in [5.41, 5.74) is 12.9. The predicted octanol–water partition coefficient (Wildman–Crippen LogP) is 3.94. The van der Waals surface area contributed by atoms with Crippen molar-refractivity contribution in [1.82, 2.24) is 10.3 Å². The summed E-state index contributed by atoms with van der Waals surface area (Å²) in [5, 5.41) is 15.7. The third kappa shape index (κ3) is 5.12. The number of anilines is 1. The van der Waals surface area contributed by atoms with Crippen LogP contribution in [0.4, 0.5) is 5.82 Å². The van der Waals surface area contributed by atoms with Gasteiger partial charge in [0.15, 0.2) is 23.1 Å². The van der Waals surface area contributed by atoms with Crippen LogP contribution in [0, 0.1) is 0 Å². The van der Waals surface area contributed by atoms with E-state index in [0.717, 1.165) is 5.56 Å². The highest BCUT2D eigenvalue weighted by Crippen LogP contribution is 2.36. The lowest BCUT2D eigenvalue weighted by molar-refractivity contribution is 0.297. The minimum Gasteiger partial charge on any atom is -0.496 e. The van der Waals surface area contributed by atoms with E-state index in [2.05, 4.69) is 25.1 Å². The summed E-state index contributed by atoms with van der Waals surface area (Å²) >= 11 is 18.2. The second-order valence-corrected chi connectivity index (χ2v) is 7.04. The fourth-order valence-corrected chi connectivity index (χ4v) is 3.31. The maximum atomic E-state index is 6.16. The number of nitrogen functional groups attached to an aromatic ring is 1. The van der Waals surface area contributed by atoms with Crippen LogP contribution in [0.2, 0.25) is 15.1 Å². The molecule has 4 N–H and O–H groups in total. The SMILES string of the molecule is COc1ccc(/C=N\N=C(\N)c2nonc2N)cc1COc1c(Cl)cc(Cl)cc1Cl. The molecule has 0 aliphatic heterocycles. The number of ether oxygens (including phenoxy) is 2. The Morgan fingerprint density at radius 2 is 1.90 bits per heavy atom. The van der Waals surface area contributed by atoms with Crippen molar-refractivity contribution in [2.45, 2.75) is 6.61 Å². The van der Waals surface area contributed by atoms with Gasteiger partial charge < -0.3 is 20.9 Å². The third-order valence-corrected chi connectivity index (χ3v) is 4.55. The van der Waals surface area contributed by atoms with Gasteiger partial charge in [0.05, 0.1) is 23.4 Å². The lowest BCUT2D eigenvalue weighted by Crippen LogP contribution is -2.15. The molecule has 0 aliphatic carbocycles. The standard InChI is InChI=1S/C18H15Cl3N6O3/c1-28-14-3-2-9(7-24-25-17(22)15-18(23)27-30-26-15)4-10(14)8-29-16-12(20)5-11(19)6-13(16)21/h2-7H,8H2,1H3,(H2,22,25)(H2,23,27)/b24-7-. The van der Waals surface area contributed by atoms with Crippen molar-refractivity contribution in [2.24, 2.45) is 15.9 Å². The molecule has 9 nitrogen and oxygen atoms in total. The smallest absolute Gasteiger partial charge is 0.199 e. The molecule has 0 aliphatic rings. The van der Waals surface area contributed by atoms with E-state index >= 15 is 0 Å². The molecule has 12 heteroatoms. The fourth-order valence-electron chi connectivity index (χ4n) is 2.39. The zero-order valence-corrected chi connectivity index (χ0v) is 17.7. The van der Waals surface area contributed by atoms with E-state index in [4.69, 9.17) is 55.7 Å². The number of hydrogen-bond donors (Lipinski definition) is 2. The number of halogens is 3. The van der Waals surface area contributed by atoms with Crippen LogP contribution in [-0.4, -0.2) is 29.5 Å². The molecule has 0 fully saturated rings. The molecule has 0 spiro atoms. The number of nitrogens with zero attached hydrogens (tertiary/aromatic N) is 4. The third-order valence-electron chi connectivity index (χ3n) is 3.77. The first-order valence-electron chi connectivity index (χ1n) is 8.28. The lowest BCUT2D eigenvalue weighted by Gasteiger charge is -2.13. The molecule has 30 heavy (non-hydrogen) atoms. The van der Waals surface area contributed by atoms with Crippen molar-refractivity contribution in [2.75, 3.05) is 12.8 Å². The Morgan fingerprint density at radius 1 is 1.17 bits per heavy atom. The number of rotatable bonds is 7. The van der Waals surface area contributed by atoms with Crippen molar-refractivity contribution < 1.29 is 14.1 Å². The van der Waals surface area contributed by atoms with Crippen LogP contribution in [-0.2, 0) is 6.61 Å². The molecule has 0 saturated carbocycles. The van der Waals surface area contributed by atoms with Crippen LogP contribution >= 0.6 is 34.8 Å². The largest absolute Gasteiger partial charge is 0.496 e. The first-order valence-corrected chi connectivity index (χ1v) is 9.41. The number of aromatic nitrogens is 2. The topological polar surface area (TPSA) is 134 Å². The van der Waals surface area contributed by atoms with Gasteiger partial charge in [-0.05, 0) is 46.2 Å². The van der Waals surface area contributed by atoms with Crippen LogP contribution < -0.4 is 20.9 Å². The average molecular weight is 470 g/mol. The average Bonchev–Trinajstić information content (AvgIpc) is 3.13. The molecule has 1 aromatic heterocycles. The molecule has 3 rings (SSSR count). The van der Waals surface area contributed by atoms with Gasteiger partial charge in [0, 0.05) is 10.6 Å². The number of nitrogens with two attached hydrogens (primary N) is 2.